The smallest absolute Gasteiger partial charge is 0.377 e. The Balaban J connectivity index is 1.50. The van der Waals surface area contributed by atoms with Crippen LogP contribution in [0.5, 0.6) is 0 Å². The molecule has 188 valence electrons. The van der Waals surface area contributed by atoms with Gasteiger partial charge in [0.1, 0.15) is 0 Å². The molecular formula is C25H24Cl3F3N2O2. The maximum atomic E-state index is 14.2. The van der Waals surface area contributed by atoms with Crippen LogP contribution in [-0.4, -0.2) is 24.2 Å². The Morgan fingerprint density at radius 3 is 2.40 bits per heavy atom. The van der Waals surface area contributed by atoms with Crippen LogP contribution in [-0.2, 0) is 15.2 Å². The lowest BCUT2D eigenvalue weighted by Gasteiger charge is -2.29. The molecule has 1 unspecified atom stereocenters. The van der Waals surface area contributed by atoms with E-state index in [2.05, 4.69) is 10.5 Å². The van der Waals surface area contributed by atoms with Crippen LogP contribution >= 0.6 is 34.8 Å². The Morgan fingerprint density at radius 2 is 1.74 bits per heavy atom. The molecule has 2 aliphatic rings. The molecule has 1 N–H and O–H groups in total. The van der Waals surface area contributed by atoms with Crippen LogP contribution in [0.3, 0.4) is 0 Å². The lowest BCUT2D eigenvalue weighted by atomic mass is 9.86. The number of hydrogen-bond donors (Lipinski definition) is 1. The minimum absolute atomic E-state index is 0.0593. The van der Waals surface area contributed by atoms with Gasteiger partial charge in [0, 0.05) is 34.0 Å². The Kier molecular flexibility index (Phi) is 7.89. The lowest BCUT2D eigenvalue weighted by molar-refractivity contribution is -0.275. The molecule has 10 heteroatoms. The van der Waals surface area contributed by atoms with Crippen molar-refractivity contribution in [3.05, 3.63) is 62.6 Å². The average Bonchev–Trinajstić information content (AvgIpc) is 3.26. The predicted molar refractivity (Wildman–Crippen MR) is 133 cm³/mol. The molecule has 1 heterocycles. The fraction of sp³-hybridized carbons (Fsp3) is 0.440. The van der Waals surface area contributed by atoms with Crippen LogP contribution < -0.4 is 5.32 Å². The van der Waals surface area contributed by atoms with Crippen LogP contribution in [0.2, 0.25) is 15.1 Å². The molecule has 4 rings (SSSR count). The standard InChI is InChI=1S/C25H24Cl3F3N2O2/c26-18-10-17(11-19(27)12-18)24(25(29,30)31)13-23(33-35-24)16-6-7-21(28)22(9-16)32-14-20(34)8-15-4-2-1-3-5-15/h6-7,9-12,15,32H,1-5,8,13-14H2. The average molecular weight is 548 g/mol. The summed E-state index contributed by atoms with van der Waals surface area (Å²) in [5.74, 6) is 0.495. The monoisotopic (exact) mass is 546 g/mol. The highest BCUT2D eigenvalue weighted by Crippen LogP contribution is 2.50. The molecule has 1 atom stereocenters. The van der Waals surface area contributed by atoms with Crippen molar-refractivity contribution in [2.75, 3.05) is 11.9 Å². The zero-order chi connectivity index (χ0) is 25.2. The van der Waals surface area contributed by atoms with E-state index in [0.29, 0.717) is 28.6 Å². The van der Waals surface area contributed by atoms with Gasteiger partial charge in [-0.05, 0) is 36.2 Å². The Hall–Kier alpha value is -1.96. The molecule has 0 saturated heterocycles. The van der Waals surface area contributed by atoms with E-state index in [1.54, 1.807) is 18.2 Å². The van der Waals surface area contributed by atoms with Gasteiger partial charge in [-0.1, -0.05) is 78.1 Å². The van der Waals surface area contributed by atoms with Crippen molar-refractivity contribution in [3.8, 4) is 0 Å². The number of nitrogens with zero attached hydrogens (tertiary/aromatic N) is 1. The molecule has 2 aromatic carbocycles. The minimum atomic E-state index is -4.79. The first-order valence-electron chi connectivity index (χ1n) is 11.4. The first-order chi connectivity index (χ1) is 16.6. The second-order valence-electron chi connectivity index (χ2n) is 9.08. The lowest BCUT2D eigenvalue weighted by Crippen LogP contribution is -2.42. The molecule has 1 aliphatic carbocycles. The van der Waals surface area contributed by atoms with E-state index in [1.165, 1.54) is 24.6 Å². The van der Waals surface area contributed by atoms with E-state index in [1.807, 2.05) is 0 Å². The van der Waals surface area contributed by atoms with Gasteiger partial charge >= 0.3 is 6.18 Å². The highest BCUT2D eigenvalue weighted by molar-refractivity contribution is 6.34. The largest absolute Gasteiger partial charge is 0.435 e. The molecule has 35 heavy (non-hydrogen) atoms. The molecule has 4 nitrogen and oxygen atoms in total. The highest BCUT2D eigenvalue weighted by Gasteiger charge is 2.62. The number of carbonyl (C=O) groups is 1. The van der Waals surface area contributed by atoms with E-state index in [9.17, 15) is 18.0 Å². The summed E-state index contributed by atoms with van der Waals surface area (Å²) >= 11 is 18.2. The van der Waals surface area contributed by atoms with Gasteiger partial charge in [0.15, 0.2) is 5.78 Å². The fourth-order valence-corrected chi connectivity index (χ4v) is 5.38. The minimum Gasteiger partial charge on any atom is -0.377 e. The second-order valence-corrected chi connectivity index (χ2v) is 10.4. The van der Waals surface area contributed by atoms with Gasteiger partial charge in [-0.15, -0.1) is 0 Å². The molecule has 0 spiro atoms. The molecule has 1 aliphatic heterocycles. The van der Waals surface area contributed by atoms with Crippen molar-refractivity contribution in [1.29, 1.82) is 0 Å². The van der Waals surface area contributed by atoms with Crippen molar-refractivity contribution in [1.82, 2.24) is 0 Å². The summed E-state index contributed by atoms with van der Waals surface area (Å²) in [6.45, 7) is 0.0934. The van der Waals surface area contributed by atoms with Crippen molar-refractivity contribution < 1.29 is 22.8 Å². The highest BCUT2D eigenvalue weighted by atomic mass is 35.5. The van der Waals surface area contributed by atoms with Gasteiger partial charge in [0.05, 0.1) is 23.0 Å². The normalized spacial score (nSPS) is 20.9. The number of ketones is 1. The fourth-order valence-electron chi connectivity index (χ4n) is 4.67. The van der Waals surface area contributed by atoms with Crippen molar-refractivity contribution in [2.24, 2.45) is 11.1 Å². The molecule has 0 amide bonds. The van der Waals surface area contributed by atoms with Crippen LogP contribution in [0.15, 0.2) is 41.6 Å². The second kappa shape index (κ2) is 10.6. The predicted octanol–water partition coefficient (Wildman–Crippen LogP) is 8.18. The number of oxime groups is 1. The topological polar surface area (TPSA) is 50.7 Å². The van der Waals surface area contributed by atoms with Gasteiger partial charge in [-0.3, -0.25) is 4.79 Å². The van der Waals surface area contributed by atoms with E-state index >= 15 is 0 Å². The molecule has 1 fully saturated rings. The van der Waals surface area contributed by atoms with Crippen LogP contribution in [0.4, 0.5) is 18.9 Å². The molecule has 2 aromatic rings. The third-order valence-corrected chi connectivity index (χ3v) is 7.30. The number of rotatable bonds is 7. The summed E-state index contributed by atoms with van der Waals surface area (Å²) in [6, 6.07) is 8.39. The molecule has 1 saturated carbocycles. The number of Topliss-reactive ketones (excluding diaryl/α,β-unsaturated/α-hetero) is 1. The summed E-state index contributed by atoms with van der Waals surface area (Å²) < 4.78 is 42.7. The summed E-state index contributed by atoms with van der Waals surface area (Å²) in [6.07, 6.45) is 0.829. The van der Waals surface area contributed by atoms with Gasteiger partial charge in [-0.2, -0.15) is 13.2 Å². The SMILES string of the molecule is O=C(CNc1cc(C2=NOC(c3cc(Cl)cc(Cl)c3)(C(F)(F)F)C2)ccc1Cl)CC1CCCCC1. The zero-order valence-corrected chi connectivity index (χ0v) is 21.0. The summed E-state index contributed by atoms with van der Waals surface area (Å²) in [7, 11) is 0. The van der Waals surface area contributed by atoms with E-state index < -0.39 is 18.2 Å². The Morgan fingerprint density at radius 1 is 1.06 bits per heavy atom. The van der Waals surface area contributed by atoms with Gasteiger partial charge < -0.3 is 10.2 Å². The third kappa shape index (κ3) is 5.89. The molecule has 0 radical (unpaired) electrons. The van der Waals surface area contributed by atoms with Crippen molar-refractivity contribution in [3.63, 3.8) is 0 Å². The zero-order valence-electron chi connectivity index (χ0n) is 18.7. The van der Waals surface area contributed by atoms with Crippen molar-refractivity contribution in [2.45, 2.75) is 56.7 Å². The van der Waals surface area contributed by atoms with E-state index in [-0.39, 0.29) is 33.6 Å². The van der Waals surface area contributed by atoms with Crippen molar-refractivity contribution >= 4 is 52.0 Å². The molecule has 0 aromatic heterocycles. The quantitative estimate of drug-likeness (QED) is 0.380. The van der Waals surface area contributed by atoms with Gasteiger partial charge in [0.25, 0.3) is 5.60 Å². The maximum absolute atomic E-state index is 14.2. The number of anilines is 1. The molecule has 0 bridgehead atoms. The van der Waals surface area contributed by atoms with Crippen LogP contribution in [0, 0.1) is 5.92 Å². The van der Waals surface area contributed by atoms with E-state index in [4.69, 9.17) is 39.6 Å². The summed E-state index contributed by atoms with van der Waals surface area (Å²) in [4.78, 5) is 17.5. The third-order valence-electron chi connectivity index (χ3n) is 6.53. The number of halogens is 6. The summed E-state index contributed by atoms with van der Waals surface area (Å²) in [5, 5.41) is 7.28. The van der Waals surface area contributed by atoms with Gasteiger partial charge in [-0.25, -0.2) is 0 Å². The van der Waals surface area contributed by atoms with Crippen LogP contribution in [0.25, 0.3) is 0 Å². The molecular weight excluding hydrogens is 524 g/mol. The van der Waals surface area contributed by atoms with E-state index in [0.717, 1.165) is 25.7 Å². The number of alkyl halides is 3. The van der Waals surface area contributed by atoms with Crippen LogP contribution in [0.1, 0.15) is 56.1 Å². The summed E-state index contributed by atoms with van der Waals surface area (Å²) in [5.41, 5.74) is -2.02. The first kappa shape index (κ1) is 26.1. The maximum Gasteiger partial charge on any atom is 0.435 e. The number of carbonyl (C=O) groups excluding carboxylic acids is 1. The number of hydrogen-bond acceptors (Lipinski definition) is 4. The Labute approximate surface area is 216 Å². The van der Waals surface area contributed by atoms with Gasteiger partial charge in [0.2, 0.25) is 0 Å². The number of benzene rings is 2. The number of nitrogens with one attached hydrogen (secondary N) is 1. The Bertz CT molecular complexity index is 1110. The first-order valence-corrected chi connectivity index (χ1v) is 12.5.